The quantitative estimate of drug-likeness (QED) is 0.659. The van der Waals surface area contributed by atoms with Gasteiger partial charge in [-0.1, -0.05) is 24.9 Å². The highest BCUT2D eigenvalue weighted by Crippen LogP contribution is 2.22. The molecular formula is C15H25Cl2NO2. The van der Waals surface area contributed by atoms with Gasteiger partial charge in [-0.25, -0.2) is 0 Å². The second-order valence-electron chi connectivity index (χ2n) is 4.45. The molecule has 0 bridgehead atoms. The number of unbranched alkanes of at least 4 members (excludes halogenated alkanes) is 1. The molecule has 0 saturated heterocycles. The molecule has 0 aromatic heterocycles. The third-order valence-corrected chi connectivity index (χ3v) is 3.08. The molecule has 0 aliphatic rings. The second kappa shape index (κ2) is 12.3. The Balaban J connectivity index is 0.00000361. The molecule has 3 nitrogen and oxygen atoms in total. The molecule has 0 unspecified atom stereocenters. The first-order valence-electron chi connectivity index (χ1n) is 6.88. The average Bonchev–Trinajstić information content (AvgIpc) is 2.42. The summed E-state index contributed by atoms with van der Waals surface area (Å²) in [4.78, 5) is 0. The van der Waals surface area contributed by atoms with Gasteiger partial charge in [0, 0.05) is 30.3 Å². The van der Waals surface area contributed by atoms with Gasteiger partial charge in [0.15, 0.2) is 0 Å². The summed E-state index contributed by atoms with van der Waals surface area (Å²) in [6.07, 6.45) is 3.35. The standard InChI is InChI=1S/C15H24ClNO2.ClH/c1-3-4-9-19-10-5-8-17-12-13-11-14(16)6-7-15(13)18-2;/h6-7,11,17H,3-5,8-10,12H2,1-2H3;1H. The van der Waals surface area contributed by atoms with Crippen LogP contribution < -0.4 is 10.1 Å². The fourth-order valence-corrected chi connectivity index (χ4v) is 1.95. The van der Waals surface area contributed by atoms with Gasteiger partial charge in [-0.05, 0) is 37.6 Å². The lowest BCUT2D eigenvalue weighted by atomic mass is 10.2. The van der Waals surface area contributed by atoms with E-state index in [0.717, 1.165) is 55.5 Å². The van der Waals surface area contributed by atoms with Gasteiger partial charge in [0.1, 0.15) is 5.75 Å². The molecule has 0 heterocycles. The Morgan fingerprint density at radius 1 is 1.20 bits per heavy atom. The predicted molar refractivity (Wildman–Crippen MR) is 87.3 cm³/mol. The first-order chi connectivity index (χ1) is 9.27. The summed E-state index contributed by atoms with van der Waals surface area (Å²) >= 11 is 5.98. The van der Waals surface area contributed by atoms with Gasteiger partial charge in [0.25, 0.3) is 0 Å². The van der Waals surface area contributed by atoms with E-state index in [4.69, 9.17) is 21.1 Å². The first-order valence-corrected chi connectivity index (χ1v) is 7.26. The lowest BCUT2D eigenvalue weighted by molar-refractivity contribution is 0.128. The number of halogens is 2. The molecule has 1 rings (SSSR count). The fraction of sp³-hybridized carbons (Fsp3) is 0.600. The van der Waals surface area contributed by atoms with Gasteiger partial charge >= 0.3 is 0 Å². The molecule has 0 fully saturated rings. The fourth-order valence-electron chi connectivity index (χ4n) is 1.76. The number of hydrogen-bond donors (Lipinski definition) is 1. The molecule has 0 radical (unpaired) electrons. The maximum atomic E-state index is 5.98. The molecule has 1 aromatic rings. The Morgan fingerprint density at radius 3 is 2.65 bits per heavy atom. The van der Waals surface area contributed by atoms with Crippen LogP contribution in [0.2, 0.25) is 5.02 Å². The van der Waals surface area contributed by atoms with Crippen molar-refractivity contribution in [1.82, 2.24) is 5.32 Å². The number of hydrogen-bond acceptors (Lipinski definition) is 3. The predicted octanol–water partition coefficient (Wildman–Crippen LogP) is 4.07. The minimum Gasteiger partial charge on any atom is -0.496 e. The highest BCUT2D eigenvalue weighted by atomic mass is 35.5. The van der Waals surface area contributed by atoms with Crippen LogP contribution in [-0.4, -0.2) is 26.9 Å². The summed E-state index contributed by atoms with van der Waals surface area (Å²) in [5, 5.41) is 4.11. The Bertz CT molecular complexity index is 362. The number of rotatable bonds is 10. The van der Waals surface area contributed by atoms with E-state index in [9.17, 15) is 0 Å². The van der Waals surface area contributed by atoms with Crippen molar-refractivity contribution in [2.75, 3.05) is 26.9 Å². The molecule has 1 aromatic carbocycles. The molecule has 20 heavy (non-hydrogen) atoms. The van der Waals surface area contributed by atoms with E-state index in [0.29, 0.717) is 0 Å². The molecule has 0 aliphatic heterocycles. The zero-order chi connectivity index (χ0) is 13.9. The van der Waals surface area contributed by atoms with E-state index in [1.54, 1.807) is 7.11 Å². The van der Waals surface area contributed by atoms with Crippen molar-refractivity contribution in [3.8, 4) is 5.75 Å². The van der Waals surface area contributed by atoms with Crippen molar-refractivity contribution in [1.29, 1.82) is 0 Å². The monoisotopic (exact) mass is 321 g/mol. The SMILES string of the molecule is CCCCOCCCNCc1cc(Cl)ccc1OC.Cl. The number of benzene rings is 1. The minimum absolute atomic E-state index is 0. The number of methoxy groups -OCH3 is 1. The maximum absolute atomic E-state index is 5.98. The van der Waals surface area contributed by atoms with Gasteiger partial charge in [-0.3, -0.25) is 0 Å². The molecule has 0 atom stereocenters. The molecule has 5 heteroatoms. The topological polar surface area (TPSA) is 30.5 Å². The van der Waals surface area contributed by atoms with Crippen molar-refractivity contribution in [2.45, 2.75) is 32.7 Å². The Labute approximate surface area is 133 Å². The number of ether oxygens (including phenoxy) is 2. The summed E-state index contributed by atoms with van der Waals surface area (Å²) in [6, 6.07) is 5.67. The van der Waals surface area contributed by atoms with Crippen molar-refractivity contribution < 1.29 is 9.47 Å². The van der Waals surface area contributed by atoms with Crippen molar-refractivity contribution in [2.24, 2.45) is 0 Å². The lowest BCUT2D eigenvalue weighted by Gasteiger charge is -2.10. The first kappa shape index (κ1) is 19.5. The summed E-state index contributed by atoms with van der Waals surface area (Å²) in [7, 11) is 1.67. The van der Waals surface area contributed by atoms with Crippen LogP contribution in [-0.2, 0) is 11.3 Å². The van der Waals surface area contributed by atoms with E-state index in [1.807, 2.05) is 18.2 Å². The largest absolute Gasteiger partial charge is 0.496 e. The zero-order valence-corrected chi connectivity index (χ0v) is 13.9. The van der Waals surface area contributed by atoms with E-state index < -0.39 is 0 Å². The van der Waals surface area contributed by atoms with E-state index in [2.05, 4.69) is 12.2 Å². The molecule has 0 amide bonds. The molecular weight excluding hydrogens is 297 g/mol. The van der Waals surface area contributed by atoms with Gasteiger partial charge in [0.2, 0.25) is 0 Å². The van der Waals surface area contributed by atoms with E-state index in [-0.39, 0.29) is 12.4 Å². The molecule has 1 N–H and O–H groups in total. The molecule has 116 valence electrons. The van der Waals surface area contributed by atoms with Crippen LogP contribution in [0.15, 0.2) is 18.2 Å². The highest BCUT2D eigenvalue weighted by Gasteiger charge is 2.03. The summed E-state index contributed by atoms with van der Waals surface area (Å²) in [6.45, 7) is 5.56. The van der Waals surface area contributed by atoms with Crippen LogP contribution in [0.4, 0.5) is 0 Å². The zero-order valence-electron chi connectivity index (χ0n) is 12.3. The summed E-state index contributed by atoms with van der Waals surface area (Å²) in [5.41, 5.74) is 1.09. The number of nitrogens with one attached hydrogen (secondary N) is 1. The van der Waals surface area contributed by atoms with E-state index >= 15 is 0 Å². The van der Waals surface area contributed by atoms with Gasteiger partial charge in [-0.2, -0.15) is 0 Å². The maximum Gasteiger partial charge on any atom is 0.123 e. The van der Waals surface area contributed by atoms with Crippen LogP contribution in [0, 0.1) is 0 Å². The summed E-state index contributed by atoms with van der Waals surface area (Å²) < 4.78 is 10.8. The highest BCUT2D eigenvalue weighted by molar-refractivity contribution is 6.30. The molecule has 0 saturated carbocycles. The van der Waals surface area contributed by atoms with Crippen molar-refractivity contribution >= 4 is 24.0 Å². The molecule has 0 spiro atoms. The Morgan fingerprint density at radius 2 is 1.95 bits per heavy atom. The van der Waals surface area contributed by atoms with Gasteiger partial charge in [0.05, 0.1) is 7.11 Å². The van der Waals surface area contributed by atoms with Crippen LogP contribution in [0.1, 0.15) is 31.7 Å². The molecule has 0 aliphatic carbocycles. The summed E-state index contributed by atoms with van der Waals surface area (Å²) in [5.74, 6) is 0.871. The van der Waals surface area contributed by atoms with Gasteiger partial charge < -0.3 is 14.8 Å². The van der Waals surface area contributed by atoms with Crippen LogP contribution in [0.3, 0.4) is 0 Å². The normalized spacial score (nSPS) is 10.2. The van der Waals surface area contributed by atoms with Crippen molar-refractivity contribution in [3.05, 3.63) is 28.8 Å². The van der Waals surface area contributed by atoms with Crippen molar-refractivity contribution in [3.63, 3.8) is 0 Å². The van der Waals surface area contributed by atoms with Crippen LogP contribution in [0.25, 0.3) is 0 Å². The lowest BCUT2D eigenvalue weighted by Crippen LogP contribution is -2.17. The third-order valence-electron chi connectivity index (χ3n) is 2.84. The van der Waals surface area contributed by atoms with Crippen LogP contribution >= 0.6 is 24.0 Å². The Kier molecular flexibility index (Phi) is 12.0. The second-order valence-corrected chi connectivity index (χ2v) is 4.89. The van der Waals surface area contributed by atoms with E-state index in [1.165, 1.54) is 6.42 Å². The average molecular weight is 322 g/mol. The smallest absolute Gasteiger partial charge is 0.123 e. The van der Waals surface area contributed by atoms with Gasteiger partial charge in [-0.15, -0.1) is 12.4 Å². The minimum atomic E-state index is 0. The van der Waals surface area contributed by atoms with Crippen LogP contribution in [0.5, 0.6) is 5.75 Å². The Hall–Kier alpha value is -0.480. The third kappa shape index (κ3) is 7.95.